The van der Waals surface area contributed by atoms with Gasteiger partial charge in [0.15, 0.2) is 11.5 Å². The van der Waals surface area contributed by atoms with E-state index >= 15 is 0 Å². The average Bonchev–Trinajstić information content (AvgIpc) is 3.41. The molecule has 0 bridgehead atoms. The van der Waals surface area contributed by atoms with Gasteiger partial charge in [0.1, 0.15) is 5.60 Å². The lowest BCUT2D eigenvalue weighted by molar-refractivity contribution is -0.425. The van der Waals surface area contributed by atoms with Gasteiger partial charge in [-0.15, -0.1) is 0 Å². The highest BCUT2D eigenvalue weighted by molar-refractivity contribution is 5.53. The molecule has 1 aromatic carbocycles. The molecule has 6 nitrogen and oxygen atoms in total. The van der Waals surface area contributed by atoms with E-state index in [2.05, 4.69) is 32.9 Å². The Hall–Kier alpha value is -1.34. The highest BCUT2D eigenvalue weighted by atomic mass is 17.2. The van der Waals surface area contributed by atoms with Gasteiger partial charge in [-0.05, 0) is 116 Å². The van der Waals surface area contributed by atoms with Crippen molar-refractivity contribution < 1.29 is 29.5 Å². The van der Waals surface area contributed by atoms with Crippen molar-refractivity contribution in [3.05, 3.63) is 23.3 Å². The van der Waals surface area contributed by atoms with Gasteiger partial charge in [-0.2, -0.15) is 0 Å². The van der Waals surface area contributed by atoms with E-state index in [1.807, 2.05) is 0 Å². The molecule has 7 aliphatic rings. The molecule has 9 atom stereocenters. The van der Waals surface area contributed by atoms with E-state index in [9.17, 15) is 10.2 Å². The second kappa shape index (κ2) is 7.24. The van der Waals surface area contributed by atoms with E-state index in [1.54, 1.807) is 0 Å². The maximum absolute atomic E-state index is 12.9. The predicted octanol–water partition coefficient (Wildman–Crippen LogP) is 5.28. The third kappa shape index (κ3) is 2.97. The molecule has 37 heavy (non-hydrogen) atoms. The van der Waals surface area contributed by atoms with Crippen LogP contribution in [0.5, 0.6) is 11.5 Å². The SMILES string of the molecule is CC1(C)COOC2(CC[C@@]34Cc5cc6c(cc5[C@H]5C[C@]7(C)[C@@H](O)CC[C@H]7[C@H](CC[C@@]3(O)C2)[C@H]54)OCO6)C1. The van der Waals surface area contributed by atoms with Crippen molar-refractivity contribution in [1.29, 1.82) is 0 Å². The summed E-state index contributed by atoms with van der Waals surface area (Å²) in [5.41, 5.74) is 1.29. The van der Waals surface area contributed by atoms with Gasteiger partial charge in [0.25, 0.3) is 0 Å². The second-order valence-corrected chi connectivity index (χ2v) is 15.1. The molecule has 1 saturated heterocycles. The Morgan fingerprint density at radius 2 is 1.76 bits per heavy atom. The highest BCUT2D eigenvalue weighted by Gasteiger charge is 2.72. The normalized spacial score (nSPS) is 50.7. The van der Waals surface area contributed by atoms with Crippen molar-refractivity contribution in [3.8, 4) is 11.5 Å². The smallest absolute Gasteiger partial charge is 0.231 e. The molecular formula is C31H42O6. The van der Waals surface area contributed by atoms with Crippen molar-refractivity contribution in [2.24, 2.45) is 34.0 Å². The Kier molecular flexibility index (Phi) is 4.60. The van der Waals surface area contributed by atoms with Crippen molar-refractivity contribution in [3.63, 3.8) is 0 Å². The monoisotopic (exact) mass is 510 g/mol. The summed E-state index contributed by atoms with van der Waals surface area (Å²) in [5, 5.41) is 24.1. The first-order valence-electron chi connectivity index (χ1n) is 14.7. The molecule has 1 aromatic rings. The zero-order valence-corrected chi connectivity index (χ0v) is 22.6. The predicted molar refractivity (Wildman–Crippen MR) is 136 cm³/mol. The van der Waals surface area contributed by atoms with Crippen LogP contribution in [-0.2, 0) is 16.2 Å². The molecule has 0 radical (unpaired) electrons. The van der Waals surface area contributed by atoms with Gasteiger partial charge in [0.05, 0.1) is 18.3 Å². The molecule has 2 heterocycles. The number of hydrogen-bond donors (Lipinski definition) is 2. The number of fused-ring (bicyclic) bond motifs is 5. The fourth-order valence-corrected chi connectivity index (χ4v) is 11.3. The highest BCUT2D eigenvalue weighted by Crippen LogP contribution is 2.74. The van der Waals surface area contributed by atoms with Crippen molar-refractivity contribution >= 4 is 0 Å². The summed E-state index contributed by atoms with van der Waals surface area (Å²) < 4.78 is 11.7. The molecule has 0 aromatic heterocycles. The van der Waals surface area contributed by atoms with Crippen LogP contribution in [0.25, 0.3) is 0 Å². The molecule has 4 saturated carbocycles. The van der Waals surface area contributed by atoms with E-state index in [-0.39, 0.29) is 29.1 Å². The van der Waals surface area contributed by atoms with Crippen LogP contribution >= 0.6 is 0 Å². The van der Waals surface area contributed by atoms with Gasteiger partial charge in [0, 0.05) is 11.8 Å². The third-order valence-corrected chi connectivity index (χ3v) is 12.6. The first-order valence-corrected chi connectivity index (χ1v) is 14.7. The lowest BCUT2D eigenvalue weighted by atomic mass is 9.36. The molecule has 8 rings (SSSR count). The van der Waals surface area contributed by atoms with Crippen LogP contribution in [0.3, 0.4) is 0 Å². The van der Waals surface area contributed by atoms with Gasteiger partial charge in [-0.1, -0.05) is 20.8 Å². The largest absolute Gasteiger partial charge is 0.454 e. The minimum Gasteiger partial charge on any atom is -0.454 e. The third-order valence-electron chi connectivity index (χ3n) is 12.6. The standard InChI is InChI=1S/C31H42O6/c1-27(2)14-29(37-36-16-27)8-9-30-12-18-10-23-24(35-17-34-23)11-20(18)21-13-28(3)22(4-5-25(28)32)19(26(21)30)6-7-31(30,33)15-29/h10-11,19,21-22,25-26,32-33H,4-9,12-17H2,1-3H3/t19-,21+,22-,25-,26+,28-,29?,30-,31+/m0/s1. The van der Waals surface area contributed by atoms with E-state index in [4.69, 9.17) is 19.2 Å². The zero-order chi connectivity index (χ0) is 25.4. The van der Waals surface area contributed by atoms with Crippen molar-refractivity contribution in [1.82, 2.24) is 0 Å². The van der Waals surface area contributed by atoms with E-state index in [0.717, 1.165) is 69.3 Å². The lowest BCUT2D eigenvalue weighted by Crippen LogP contribution is -2.70. The second-order valence-electron chi connectivity index (χ2n) is 15.1. The van der Waals surface area contributed by atoms with Crippen LogP contribution in [0.15, 0.2) is 12.1 Å². The number of ether oxygens (including phenoxy) is 2. The number of aliphatic hydroxyl groups excluding tert-OH is 1. The Labute approximate surface area is 219 Å². The summed E-state index contributed by atoms with van der Waals surface area (Å²) in [6.45, 7) is 7.74. The first kappa shape index (κ1) is 23.5. The quantitative estimate of drug-likeness (QED) is 0.463. The summed E-state index contributed by atoms with van der Waals surface area (Å²) in [6, 6.07) is 4.45. The fraction of sp³-hybridized carbons (Fsp3) is 0.806. The van der Waals surface area contributed by atoms with E-state index in [0.29, 0.717) is 36.7 Å². The fourth-order valence-electron chi connectivity index (χ4n) is 11.3. The maximum atomic E-state index is 12.9. The molecule has 6 heteroatoms. The van der Waals surface area contributed by atoms with Gasteiger partial charge >= 0.3 is 0 Å². The van der Waals surface area contributed by atoms with Crippen LogP contribution < -0.4 is 9.47 Å². The lowest BCUT2D eigenvalue weighted by Gasteiger charge is -2.70. The summed E-state index contributed by atoms with van der Waals surface area (Å²) in [7, 11) is 0. The minimum absolute atomic E-state index is 0.0442. The molecule has 5 fully saturated rings. The molecule has 0 amide bonds. The summed E-state index contributed by atoms with van der Waals surface area (Å²) in [6.07, 6.45) is 8.99. The topological polar surface area (TPSA) is 77.4 Å². The zero-order valence-electron chi connectivity index (χ0n) is 22.6. The van der Waals surface area contributed by atoms with E-state index < -0.39 is 11.2 Å². The first-order chi connectivity index (χ1) is 17.6. The molecule has 5 aliphatic carbocycles. The van der Waals surface area contributed by atoms with Crippen molar-refractivity contribution in [2.75, 3.05) is 13.4 Å². The number of aliphatic hydroxyl groups is 2. The Balaban J connectivity index is 1.27. The van der Waals surface area contributed by atoms with Crippen LogP contribution in [0.2, 0.25) is 0 Å². The van der Waals surface area contributed by atoms with E-state index in [1.165, 1.54) is 11.1 Å². The van der Waals surface area contributed by atoms with Gasteiger partial charge < -0.3 is 19.7 Å². The average molecular weight is 511 g/mol. The van der Waals surface area contributed by atoms with Gasteiger partial charge in [-0.25, -0.2) is 9.78 Å². The molecule has 2 aliphatic heterocycles. The van der Waals surface area contributed by atoms with Crippen LogP contribution in [0.1, 0.15) is 95.6 Å². The molecular weight excluding hydrogens is 468 g/mol. The molecule has 1 unspecified atom stereocenters. The number of rotatable bonds is 0. The van der Waals surface area contributed by atoms with Crippen LogP contribution in [0.4, 0.5) is 0 Å². The summed E-state index contributed by atoms with van der Waals surface area (Å²) >= 11 is 0. The summed E-state index contributed by atoms with van der Waals surface area (Å²) in [5.74, 6) is 3.49. The Morgan fingerprint density at radius 3 is 2.57 bits per heavy atom. The summed E-state index contributed by atoms with van der Waals surface area (Å²) in [4.78, 5) is 11.9. The molecule has 2 N–H and O–H groups in total. The molecule has 202 valence electrons. The Morgan fingerprint density at radius 1 is 0.946 bits per heavy atom. The minimum atomic E-state index is -0.791. The van der Waals surface area contributed by atoms with Crippen molar-refractivity contribution in [2.45, 2.75) is 108 Å². The number of benzene rings is 1. The number of hydrogen-bond acceptors (Lipinski definition) is 6. The Bertz CT molecular complexity index is 1150. The van der Waals surface area contributed by atoms with Gasteiger partial charge in [0.2, 0.25) is 6.79 Å². The van der Waals surface area contributed by atoms with Crippen LogP contribution in [-0.4, -0.2) is 40.9 Å². The molecule has 2 spiro atoms. The van der Waals surface area contributed by atoms with Gasteiger partial charge in [-0.3, -0.25) is 0 Å². The van der Waals surface area contributed by atoms with Crippen LogP contribution in [0, 0.1) is 34.0 Å². The maximum Gasteiger partial charge on any atom is 0.231 e.